The van der Waals surface area contributed by atoms with Crippen LogP contribution in [0.5, 0.6) is 0 Å². The van der Waals surface area contributed by atoms with Crippen LogP contribution in [-0.4, -0.2) is 17.0 Å². The van der Waals surface area contributed by atoms with Gasteiger partial charge in [0, 0.05) is 12.3 Å². The maximum atomic E-state index is 11.8. The third kappa shape index (κ3) is 7.81. The van der Waals surface area contributed by atoms with Gasteiger partial charge in [-0.2, -0.15) is 0 Å². The Kier molecular flexibility index (Phi) is 12.8. The molecule has 0 aliphatic heterocycles. The number of ketones is 1. The molecule has 2 aliphatic rings. The number of carbonyl (C=O) groups is 1. The molecule has 0 bridgehead atoms. The van der Waals surface area contributed by atoms with E-state index in [-0.39, 0.29) is 22.9 Å². The van der Waals surface area contributed by atoms with Crippen LogP contribution in [0.15, 0.2) is 0 Å². The van der Waals surface area contributed by atoms with Crippen LogP contribution in [0.4, 0.5) is 0 Å². The summed E-state index contributed by atoms with van der Waals surface area (Å²) < 4.78 is 0. The van der Waals surface area contributed by atoms with Crippen molar-refractivity contribution in [2.45, 2.75) is 45.6 Å². The van der Waals surface area contributed by atoms with Crippen LogP contribution in [0.25, 0.3) is 0 Å². The molecule has 2 aliphatic carbocycles. The number of Topliss-reactive ketones (excluding diaryl/α,β-unsaturated/α-hetero) is 1. The molecule has 21 heavy (non-hydrogen) atoms. The molecule has 0 saturated heterocycles. The summed E-state index contributed by atoms with van der Waals surface area (Å²) in [5.41, 5.74) is 0. The van der Waals surface area contributed by atoms with E-state index in [4.69, 9.17) is 0 Å². The smallest absolute Gasteiger partial charge is 0.392 e. The zero-order chi connectivity index (χ0) is 14.8. The number of hydrogen-bond acceptors (Lipinski definition) is 2. The fourth-order valence-corrected chi connectivity index (χ4v) is 1.99. The molecule has 114 valence electrons. The molecule has 2 fully saturated rings. The van der Waals surface area contributed by atoms with Crippen LogP contribution in [0.1, 0.15) is 39.5 Å². The van der Waals surface area contributed by atoms with E-state index >= 15 is 0 Å². The Morgan fingerprint density at radius 3 is 2.10 bits per heavy atom. The van der Waals surface area contributed by atoms with Crippen LogP contribution in [-0.2, 0) is 21.9 Å². The molecule has 1 N–H and O–H groups in total. The first kappa shape index (κ1) is 21.1. The number of carbonyl (C=O) groups excluding carboxylic acids is 1. The quantitative estimate of drug-likeness (QED) is 0.760. The van der Waals surface area contributed by atoms with Gasteiger partial charge in [-0.05, 0) is 64.2 Å². The average Bonchev–Trinajstić information content (AvgIpc) is 3.16. The summed E-state index contributed by atoms with van der Waals surface area (Å²) in [7, 11) is 0. The van der Waals surface area contributed by atoms with Crippen molar-refractivity contribution < 1.29 is 27.0 Å². The maximum absolute atomic E-state index is 11.8. The molecule has 2 rings (SSSR count). The van der Waals surface area contributed by atoms with Crippen LogP contribution in [0.2, 0.25) is 0 Å². The molecular weight excluding hydrogens is 304 g/mol. The fourth-order valence-electron chi connectivity index (χ4n) is 1.99. The fraction of sp³-hybridized carbons (Fsp3) is 0.389. The van der Waals surface area contributed by atoms with E-state index in [9.17, 15) is 9.90 Å². The topological polar surface area (TPSA) is 37.3 Å². The molecule has 2 nitrogen and oxygen atoms in total. The average molecular weight is 328 g/mol. The third-order valence-electron chi connectivity index (χ3n) is 3.21. The van der Waals surface area contributed by atoms with Crippen molar-refractivity contribution in [1.82, 2.24) is 0 Å². The van der Waals surface area contributed by atoms with Gasteiger partial charge in [-0.1, -0.05) is 20.3 Å². The molecule has 0 amide bonds. The van der Waals surface area contributed by atoms with Crippen molar-refractivity contribution in [3.63, 3.8) is 0 Å². The minimum Gasteiger partial charge on any atom is -0.392 e. The molecule has 0 heterocycles. The van der Waals surface area contributed by atoms with Gasteiger partial charge in [0.2, 0.25) is 0 Å². The Balaban J connectivity index is 0.000000562. The van der Waals surface area contributed by atoms with Gasteiger partial charge in [0.1, 0.15) is 5.78 Å². The van der Waals surface area contributed by atoms with Crippen LogP contribution >= 0.6 is 0 Å². The molecule has 3 heteroatoms. The van der Waals surface area contributed by atoms with Crippen LogP contribution in [0.3, 0.4) is 0 Å². The molecule has 1 atom stereocenters. The van der Waals surface area contributed by atoms with Crippen molar-refractivity contribution in [3.8, 4) is 0 Å². The second-order valence-electron chi connectivity index (χ2n) is 4.81. The zero-order valence-corrected chi connectivity index (χ0v) is 13.8. The Hall–Kier alpha value is 0.149. The van der Waals surface area contributed by atoms with E-state index in [0.717, 1.165) is 18.8 Å². The second-order valence-corrected chi connectivity index (χ2v) is 4.81. The maximum Gasteiger partial charge on any atom is 2.00 e. The summed E-state index contributed by atoms with van der Waals surface area (Å²) >= 11 is 0. The number of aliphatic hydroxyl groups is 1. The first-order chi connectivity index (χ1) is 9.70. The predicted molar refractivity (Wildman–Crippen MR) is 81.7 cm³/mol. The molecule has 1 unspecified atom stereocenters. The summed E-state index contributed by atoms with van der Waals surface area (Å²) in [5.74, 6) is 1.65. The van der Waals surface area contributed by atoms with Gasteiger partial charge in [0.15, 0.2) is 0 Å². The summed E-state index contributed by atoms with van der Waals surface area (Å²) in [6.45, 7) is 3.98. The Morgan fingerprint density at radius 1 is 1.05 bits per heavy atom. The molecule has 0 aromatic heterocycles. The number of rotatable bonds is 6. The van der Waals surface area contributed by atoms with Gasteiger partial charge < -0.3 is 5.11 Å². The summed E-state index contributed by atoms with van der Waals surface area (Å²) in [6, 6.07) is 0. The van der Waals surface area contributed by atoms with Crippen molar-refractivity contribution in [1.29, 1.82) is 0 Å². The SMILES string of the molecule is CCCCC(=O)[C]1[CH][CH][CH][C]1C(O)CC.[CH]1[CH][CH][CH][CH]1.[Fe+2]. The molecule has 0 aromatic rings. The van der Waals surface area contributed by atoms with E-state index in [1.165, 1.54) is 0 Å². The number of unbranched alkanes of at least 4 members (excludes halogenated alkanes) is 1. The van der Waals surface area contributed by atoms with Gasteiger partial charge in [-0.25, -0.2) is 0 Å². The third-order valence-corrected chi connectivity index (χ3v) is 3.21. The summed E-state index contributed by atoms with van der Waals surface area (Å²) in [6.07, 6.45) is 18.2. The van der Waals surface area contributed by atoms with Crippen molar-refractivity contribution in [2.24, 2.45) is 0 Å². The van der Waals surface area contributed by atoms with Crippen LogP contribution in [0, 0.1) is 63.2 Å². The first-order valence-electron chi connectivity index (χ1n) is 7.34. The van der Waals surface area contributed by atoms with Crippen molar-refractivity contribution in [3.05, 3.63) is 63.2 Å². The molecule has 2 saturated carbocycles. The van der Waals surface area contributed by atoms with E-state index in [2.05, 4.69) is 6.92 Å². The molecular formula is C18H24FeO2+2. The predicted octanol–water partition coefficient (Wildman–Crippen LogP) is 3.31. The van der Waals surface area contributed by atoms with Gasteiger partial charge >= 0.3 is 17.1 Å². The zero-order valence-electron chi connectivity index (χ0n) is 12.7. The van der Waals surface area contributed by atoms with Gasteiger partial charge in [-0.15, -0.1) is 0 Å². The molecule has 10 radical (unpaired) electrons. The van der Waals surface area contributed by atoms with Crippen LogP contribution < -0.4 is 0 Å². The van der Waals surface area contributed by atoms with Gasteiger partial charge in [0.25, 0.3) is 0 Å². The van der Waals surface area contributed by atoms with E-state index in [1.54, 1.807) is 0 Å². The Labute approximate surface area is 141 Å². The van der Waals surface area contributed by atoms with E-state index < -0.39 is 6.10 Å². The minimum atomic E-state index is -0.499. The monoisotopic (exact) mass is 328 g/mol. The number of aliphatic hydroxyl groups excluding tert-OH is 1. The normalized spacial score (nSPS) is 20.5. The number of hydrogen-bond donors (Lipinski definition) is 1. The van der Waals surface area contributed by atoms with E-state index in [1.807, 2.05) is 58.3 Å². The molecule has 0 aromatic carbocycles. The minimum absolute atomic E-state index is 0. The standard InChI is InChI=1S/C13H19O2.C5H5.Fe/c1-3-5-9-13(15)11-8-6-7-10(11)12(14)4-2;1-2-4-5-3-1;/h6-8,12,14H,3-5,9H2,1-2H3;1-5H;/q;;+2. The second kappa shape index (κ2) is 12.7. The van der Waals surface area contributed by atoms with Crippen molar-refractivity contribution in [2.75, 3.05) is 0 Å². The summed E-state index contributed by atoms with van der Waals surface area (Å²) in [5, 5.41) is 9.72. The van der Waals surface area contributed by atoms with E-state index in [0.29, 0.717) is 18.8 Å². The van der Waals surface area contributed by atoms with Crippen molar-refractivity contribution >= 4 is 5.78 Å². The first-order valence-corrected chi connectivity index (χ1v) is 7.34. The van der Waals surface area contributed by atoms with Gasteiger partial charge in [-0.3, -0.25) is 4.79 Å². The summed E-state index contributed by atoms with van der Waals surface area (Å²) in [4.78, 5) is 11.8. The Morgan fingerprint density at radius 2 is 1.62 bits per heavy atom. The molecule has 0 spiro atoms. The van der Waals surface area contributed by atoms with Gasteiger partial charge in [0.05, 0.1) is 12.0 Å². The largest absolute Gasteiger partial charge is 2.00 e. The Bertz CT molecular complexity index is 256.